The van der Waals surface area contributed by atoms with Gasteiger partial charge in [0.25, 0.3) is 0 Å². The maximum atomic E-state index is 5.70. The van der Waals surface area contributed by atoms with Crippen molar-refractivity contribution in [1.82, 2.24) is 5.32 Å². The molecule has 0 saturated heterocycles. The van der Waals surface area contributed by atoms with E-state index in [0.717, 1.165) is 0 Å². The van der Waals surface area contributed by atoms with Crippen LogP contribution in [0.3, 0.4) is 0 Å². The lowest BCUT2D eigenvalue weighted by Crippen LogP contribution is -2.56. The third-order valence-corrected chi connectivity index (χ3v) is 4.94. The molecule has 0 aliphatic carbocycles. The van der Waals surface area contributed by atoms with Gasteiger partial charge in [-0.2, -0.15) is 0 Å². The van der Waals surface area contributed by atoms with Crippen LogP contribution in [-0.4, -0.2) is 47.4 Å². The van der Waals surface area contributed by atoms with Crippen molar-refractivity contribution >= 4 is 8.80 Å². The minimum absolute atomic E-state index is 0.244. The van der Waals surface area contributed by atoms with E-state index in [9.17, 15) is 0 Å². The van der Waals surface area contributed by atoms with Crippen molar-refractivity contribution in [3.63, 3.8) is 0 Å². The first-order chi connectivity index (χ1) is 7.64. The summed E-state index contributed by atoms with van der Waals surface area (Å²) in [5.41, 5.74) is 5.55. The Morgan fingerprint density at radius 1 is 1.06 bits per heavy atom. The van der Waals surface area contributed by atoms with Gasteiger partial charge in [0.05, 0.1) is 6.17 Å². The second-order valence-electron chi connectivity index (χ2n) is 3.50. The second-order valence-corrected chi connectivity index (χ2v) is 6.09. The van der Waals surface area contributed by atoms with E-state index in [2.05, 4.69) is 5.32 Å². The number of nitrogens with two attached hydrogens (primary N) is 1. The maximum absolute atomic E-state index is 5.70. The molecule has 98 valence electrons. The Morgan fingerprint density at radius 3 is 1.81 bits per heavy atom. The van der Waals surface area contributed by atoms with E-state index in [1.807, 2.05) is 27.7 Å². The summed E-state index contributed by atoms with van der Waals surface area (Å²) in [4.78, 5) is 0. The number of nitrogens with one attached hydrogen (secondary N) is 1. The summed E-state index contributed by atoms with van der Waals surface area (Å²) < 4.78 is 17.1. The molecule has 0 aromatic carbocycles. The van der Waals surface area contributed by atoms with Crippen molar-refractivity contribution in [3.8, 4) is 0 Å². The van der Waals surface area contributed by atoms with Gasteiger partial charge in [-0.05, 0) is 27.7 Å². The van der Waals surface area contributed by atoms with E-state index in [1.165, 1.54) is 0 Å². The lowest BCUT2D eigenvalue weighted by molar-refractivity contribution is 0.0694. The first kappa shape index (κ1) is 16.0. The fourth-order valence-corrected chi connectivity index (χ4v) is 3.79. The second kappa shape index (κ2) is 9.09. The van der Waals surface area contributed by atoms with E-state index >= 15 is 0 Å². The summed E-state index contributed by atoms with van der Waals surface area (Å²) in [6.07, 6.45) is 0.612. The first-order valence-electron chi connectivity index (χ1n) is 5.99. The summed E-state index contributed by atoms with van der Waals surface area (Å²) >= 11 is 0. The average molecular weight is 250 g/mol. The third kappa shape index (κ3) is 5.93. The standard InChI is InChI=1S/C10H26N2O3Si/c1-5-13-16(14-6-2,15-7-3)9-12-10(4)8-11/h10,12H,5-9,11H2,1-4H3. The molecule has 5 nitrogen and oxygen atoms in total. The highest BCUT2D eigenvalue weighted by Gasteiger charge is 2.40. The Labute approximate surface area is 100 Å². The molecule has 0 radical (unpaired) electrons. The summed E-state index contributed by atoms with van der Waals surface area (Å²) in [7, 11) is -2.54. The molecule has 0 bridgehead atoms. The normalized spacial score (nSPS) is 14.1. The van der Waals surface area contributed by atoms with Crippen LogP contribution in [0.2, 0.25) is 0 Å². The summed E-state index contributed by atoms with van der Waals surface area (Å²) in [5, 5.41) is 3.29. The van der Waals surface area contributed by atoms with Crippen LogP contribution in [0.4, 0.5) is 0 Å². The molecular formula is C10H26N2O3Si. The molecule has 0 rings (SSSR count). The zero-order valence-corrected chi connectivity index (χ0v) is 11.9. The number of rotatable bonds is 10. The Hall–Kier alpha value is 0.0169. The molecule has 0 saturated carbocycles. The van der Waals surface area contributed by atoms with Gasteiger partial charge in [0.15, 0.2) is 0 Å². The molecule has 0 fully saturated rings. The minimum Gasteiger partial charge on any atom is -0.373 e. The predicted octanol–water partition coefficient (Wildman–Crippen LogP) is 0.511. The smallest absolute Gasteiger partial charge is 0.373 e. The van der Waals surface area contributed by atoms with Gasteiger partial charge in [-0.1, -0.05) is 0 Å². The van der Waals surface area contributed by atoms with Crippen molar-refractivity contribution in [1.29, 1.82) is 0 Å². The highest BCUT2D eigenvalue weighted by atomic mass is 28.4. The van der Waals surface area contributed by atoms with Gasteiger partial charge < -0.3 is 24.3 Å². The van der Waals surface area contributed by atoms with Gasteiger partial charge >= 0.3 is 8.80 Å². The zero-order chi connectivity index (χ0) is 12.4. The van der Waals surface area contributed by atoms with Crippen LogP contribution in [0.5, 0.6) is 0 Å². The monoisotopic (exact) mass is 250 g/mol. The van der Waals surface area contributed by atoms with Crippen molar-refractivity contribution in [3.05, 3.63) is 0 Å². The summed E-state index contributed by atoms with van der Waals surface area (Å²) in [6.45, 7) is 10.3. The largest absolute Gasteiger partial charge is 0.515 e. The van der Waals surface area contributed by atoms with Crippen LogP contribution in [0.1, 0.15) is 27.7 Å². The van der Waals surface area contributed by atoms with Crippen molar-refractivity contribution in [2.24, 2.45) is 5.73 Å². The molecule has 0 spiro atoms. The van der Waals surface area contributed by atoms with Gasteiger partial charge in [-0.3, -0.25) is 0 Å². The highest BCUT2D eigenvalue weighted by molar-refractivity contribution is 6.60. The SMILES string of the molecule is CCO[Si](CNC(C)CN)(OCC)OCC. The van der Waals surface area contributed by atoms with Gasteiger partial charge in [-0.25, -0.2) is 0 Å². The van der Waals surface area contributed by atoms with Gasteiger partial charge in [0.1, 0.15) is 0 Å². The van der Waals surface area contributed by atoms with E-state index < -0.39 is 8.80 Å². The van der Waals surface area contributed by atoms with Crippen molar-refractivity contribution in [2.75, 3.05) is 32.5 Å². The van der Waals surface area contributed by atoms with E-state index in [-0.39, 0.29) is 6.04 Å². The molecule has 1 atom stereocenters. The van der Waals surface area contributed by atoms with Crippen LogP contribution in [-0.2, 0) is 13.3 Å². The molecule has 6 heteroatoms. The molecule has 16 heavy (non-hydrogen) atoms. The molecule has 0 aliphatic heterocycles. The predicted molar refractivity (Wildman–Crippen MR) is 67.2 cm³/mol. The van der Waals surface area contributed by atoms with Crippen LogP contribution >= 0.6 is 0 Å². The lowest BCUT2D eigenvalue weighted by Gasteiger charge is -2.29. The maximum Gasteiger partial charge on any atom is 0.515 e. The van der Waals surface area contributed by atoms with Crippen LogP contribution in [0.25, 0.3) is 0 Å². The highest BCUT2D eigenvalue weighted by Crippen LogP contribution is 2.09. The fraction of sp³-hybridized carbons (Fsp3) is 1.00. The third-order valence-electron chi connectivity index (χ3n) is 2.11. The summed E-state index contributed by atoms with van der Waals surface area (Å²) in [5.74, 6) is 0. The van der Waals surface area contributed by atoms with Crippen molar-refractivity contribution in [2.45, 2.75) is 33.7 Å². The Bertz CT molecular complexity index is 155. The molecule has 0 amide bonds. The lowest BCUT2D eigenvalue weighted by atomic mass is 10.4. The van der Waals surface area contributed by atoms with Gasteiger partial charge in [0.2, 0.25) is 0 Å². The van der Waals surface area contributed by atoms with E-state index in [0.29, 0.717) is 32.5 Å². The molecule has 0 aliphatic rings. The molecule has 1 unspecified atom stereocenters. The van der Waals surface area contributed by atoms with Gasteiger partial charge in [0, 0.05) is 32.4 Å². The first-order valence-corrected chi connectivity index (χ1v) is 7.92. The number of hydrogen-bond donors (Lipinski definition) is 2. The van der Waals surface area contributed by atoms with E-state index in [4.69, 9.17) is 19.0 Å². The fourth-order valence-electron chi connectivity index (χ4n) is 1.32. The van der Waals surface area contributed by atoms with Crippen LogP contribution in [0, 0.1) is 0 Å². The van der Waals surface area contributed by atoms with E-state index in [1.54, 1.807) is 0 Å². The molecule has 3 N–H and O–H groups in total. The van der Waals surface area contributed by atoms with Crippen LogP contribution in [0.15, 0.2) is 0 Å². The minimum atomic E-state index is -2.54. The summed E-state index contributed by atoms with van der Waals surface area (Å²) in [6, 6.07) is 0.244. The van der Waals surface area contributed by atoms with Crippen molar-refractivity contribution < 1.29 is 13.3 Å². The average Bonchev–Trinajstić information content (AvgIpc) is 2.27. The quantitative estimate of drug-likeness (QED) is 0.553. The molecular weight excluding hydrogens is 224 g/mol. The topological polar surface area (TPSA) is 65.7 Å². The zero-order valence-electron chi connectivity index (χ0n) is 10.9. The molecule has 0 aromatic rings. The number of hydrogen-bond acceptors (Lipinski definition) is 5. The Morgan fingerprint density at radius 2 is 1.50 bits per heavy atom. The van der Waals surface area contributed by atoms with Crippen LogP contribution < -0.4 is 11.1 Å². The molecule has 0 heterocycles. The Balaban J connectivity index is 4.34. The van der Waals surface area contributed by atoms with Gasteiger partial charge in [-0.15, -0.1) is 0 Å². The molecule has 0 aromatic heterocycles. The Kier molecular flexibility index (Phi) is 9.10.